The summed E-state index contributed by atoms with van der Waals surface area (Å²) in [6, 6.07) is -0.239. The maximum atomic E-state index is 8.02. The SMILES string of the molecule is CN(N)C(CN=[N+]=[N-])CN=[N+]=[N-]. The van der Waals surface area contributed by atoms with E-state index < -0.39 is 0 Å². The highest BCUT2D eigenvalue weighted by molar-refractivity contribution is 4.71. The van der Waals surface area contributed by atoms with E-state index in [1.807, 2.05) is 0 Å². The van der Waals surface area contributed by atoms with Gasteiger partial charge in [0.25, 0.3) is 0 Å². The van der Waals surface area contributed by atoms with Crippen LogP contribution in [-0.2, 0) is 0 Å². The standard InChI is InChI=1S/C4H10N8/c1-12(7)4(2-8-10-5)3-9-11-6/h4H,2-3,7H2,1H3. The minimum Gasteiger partial charge on any atom is -0.269 e. The normalized spacial score (nSPS) is 11.6. The molecule has 12 heavy (non-hydrogen) atoms. The van der Waals surface area contributed by atoms with Gasteiger partial charge in [-0.15, -0.1) is 0 Å². The Bertz CT molecular complexity index is 189. The Morgan fingerprint density at radius 1 is 1.33 bits per heavy atom. The first-order chi connectivity index (χ1) is 5.72. The summed E-state index contributed by atoms with van der Waals surface area (Å²) in [6.07, 6.45) is 0. The molecule has 0 heterocycles. The average molecular weight is 170 g/mol. The van der Waals surface area contributed by atoms with Gasteiger partial charge >= 0.3 is 0 Å². The van der Waals surface area contributed by atoms with Gasteiger partial charge in [0.2, 0.25) is 0 Å². The molecule has 0 radical (unpaired) electrons. The minimum atomic E-state index is -0.239. The lowest BCUT2D eigenvalue weighted by atomic mass is 10.3. The second kappa shape index (κ2) is 6.26. The van der Waals surface area contributed by atoms with Crippen molar-refractivity contribution in [1.82, 2.24) is 5.01 Å². The van der Waals surface area contributed by atoms with Crippen molar-refractivity contribution in [3.8, 4) is 0 Å². The zero-order valence-corrected chi connectivity index (χ0v) is 6.70. The van der Waals surface area contributed by atoms with Gasteiger partial charge in [-0.3, -0.25) is 5.84 Å². The lowest BCUT2D eigenvalue weighted by molar-refractivity contribution is 0.260. The molecule has 0 unspecified atom stereocenters. The fraction of sp³-hybridized carbons (Fsp3) is 1.00. The van der Waals surface area contributed by atoms with Crippen molar-refractivity contribution in [2.24, 2.45) is 16.1 Å². The Balaban J connectivity index is 4.02. The summed E-state index contributed by atoms with van der Waals surface area (Å²) in [5, 5.41) is 7.99. The predicted octanol–water partition coefficient (Wildman–Crippen LogP) is 0.781. The van der Waals surface area contributed by atoms with Crippen molar-refractivity contribution in [3.63, 3.8) is 0 Å². The molecule has 0 amide bonds. The van der Waals surface area contributed by atoms with Crippen LogP contribution in [0.3, 0.4) is 0 Å². The Kier molecular flexibility index (Phi) is 5.50. The molecule has 0 bridgehead atoms. The minimum absolute atomic E-state index is 0.197. The van der Waals surface area contributed by atoms with E-state index >= 15 is 0 Å². The molecule has 0 fully saturated rings. The maximum Gasteiger partial charge on any atom is 0.0429 e. The van der Waals surface area contributed by atoms with Crippen molar-refractivity contribution >= 4 is 0 Å². The van der Waals surface area contributed by atoms with Crippen molar-refractivity contribution in [2.75, 3.05) is 20.1 Å². The summed E-state index contributed by atoms with van der Waals surface area (Å²) < 4.78 is 0. The van der Waals surface area contributed by atoms with Crippen LogP contribution in [0.25, 0.3) is 20.9 Å². The fourth-order valence-corrected chi connectivity index (χ4v) is 0.577. The summed E-state index contributed by atoms with van der Waals surface area (Å²) >= 11 is 0. The lowest BCUT2D eigenvalue weighted by Crippen LogP contribution is -2.41. The van der Waals surface area contributed by atoms with Gasteiger partial charge in [0.05, 0.1) is 0 Å². The van der Waals surface area contributed by atoms with Gasteiger partial charge in [-0.1, -0.05) is 10.2 Å². The summed E-state index contributed by atoms with van der Waals surface area (Å²) in [5.41, 5.74) is 16.0. The Hall–Kier alpha value is -1.46. The largest absolute Gasteiger partial charge is 0.269 e. The van der Waals surface area contributed by atoms with Gasteiger partial charge in [0.1, 0.15) is 0 Å². The number of azide groups is 2. The highest BCUT2D eigenvalue weighted by Crippen LogP contribution is 1.93. The van der Waals surface area contributed by atoms with Crippen LogP contribution in [0.2, 0.25) is 0 Å². The van der Waals surface area contributed by atoms with E-state index in [-0.39, 0.29) is 19.1 Å². The Morgan fingerprint density at radius 3 is 2.00 bits per heavy atom. The topological polar surface area (TPSA) is 127 Å². The van der Waals surface area contributed by atoms with E-state index in [0.717, 1.165) is 0 Å². The van der Waals surface area contributed by atoms with E-state index in [1.54, 1.807) is 7.05 Å². The predicted molar refractivity (Wildman–Crippen MR) is 43.8 cm³/mol. The number of hydrogen-bond acceptors (Lipinski definition) is 4. The average Bonchev–Trinajstić information content (AvgIpc) is 2.04. The van der Waals surface area contributed by atoms with Crippen molar-refractivity contribution in [1.29, 1.82) is 0 Å². The molecule has 0 saturated carbocycles. The van der Waals surface area contributed by atoms with Gasteiger partial charge in [0.15, 0.2) is 0 Å². The van der Waals surface area contributed by atoms with E-state index in [4.69, 9.17) is 16.9 Å². The molecule has 0 aromatic heterocycles. The molecule has 0 aliphatic carbocycles. The second-order valence-corrected chi connectivity index (χ2v) is 2.15. The number of rotatable bonds is 5. The quantitative estimate of drug-likeness (QED) is 0.215. The van der Waals surface area contributed by atoms with E-state index in [9.17, 15) is 0 Å². The van der Waals surface area contributed by atoms with Crippen LogP contribution in [0.5, 0.6) is 0 Å². The molecular weight excluding hydrogens is 160 g/mol. The van der Waals surface area contributed by atoms with E-state index in [0.29, 0.717) is 0 Å². The van der Waals surface area contributed by atoms with Gasteiger partial charge < -0.3 is 0 Å². The highest BCUT2D eigenvalue weighted by Gasteiger charge is 2.08. The van der Waals surface area contributed by atoms with Crippen LogP contribution in [0.4, 0.5) is 0 Å². The zero-order valence-electron chi connectivity index (χ0n) is 6.70. The second-order valence-electron chi connectivity index (χ2n) is 2.15. The van der Waals surface area contributed by atoms with Gasteiger partial charge in [-0.25, -0.2) is 5.01 Å². The number of hydrazine groups is 1. The fourth-order valence-electron chi connectivity index (χ4n) is 0.577. The molecule has 2 N–H and O–H groups in total. The summed E-state index contributed by atoms with van der Waals surface area (Å²) in [4.78, 5) is 5.15. The Labute approximate surface area is 69.2 Å². The first kappa shape index (κ1) is 10.5. The lowest BCUT2D eigenvalue weighted by Gasteiger charge is -2.19. The van der Waals surface area contributed by atoms with Crippen molar-refractivity contribution < 1.29 is 0 Å². The van der Waals surface area contributed by atoms with Gasteiger partial charge in [-0.05, 0) is 11.1 Å². The van der Waals surface area contributed by atoms with E-state index in [1.165, 1.54) is 5.01 Å². The molecule has 0 aliphatic heterocycles. The van der Waals surface area contributed by atoms with Crippen molar-refractivity contribution in [3.05, 3.63) is 20.9 Å². The molecular formula is C4H10N8. The zero-order chi connectivity index (χ0) is 9.40. The molecule has 0 spiro atoms. The molecule has 0 aromatic rings. The third-order valence-electron chi connectivity index (χ3n) is 1.29. The number of likely N-dealkylation sites (N-methyl/N-ethyl adjacent to an activating group) is 1. The molecule has 66 valence electrons. The molecule has 0 aliphatic rings. The van der Waals surface area contributed by atoms with Crippen LogP contribution in [0.1, 0.15) is 0 Å². The van der Waals surface area contributed by atoms with Crippen molar-refractivity contribution in [2.45, 2.75) is 6.04 Å². The molecule has 0 saturated heterocycles. The Morgan fingerprint density at radius 2 is 1.75 bits per heavy atom. The maximum absolute atomic E-state index is 8.02. The van der Waals surface area contributed by atoms with Crippen LogP contribution in [0, 0.1) is 0 Å². The molecule has 0 atom stereocenters. The molecule has 8 heteroatoms. The number of nitrogens with two attached hydrogens (primary N) is 1. The smallest absolute Gasteiger partial charge is 0.0429 e. The van der Waals surface area contributed by atoms with E-state index in [2.05, 4.69) is 20.1 Å². The summed E-state index contributed by atoms with van der Waals surface area (Å²) in [7, 11) is 1.62. The molecule has 8 nitrogen and oxygen atoms in total. The first-order valence-electron chi connectivity index (χ1n) is 3.21. The van der Waals surface area contributed by atoms with Gasteiger partial charge in [-0.2, -0.15) is 0 Å². The third kappa shape index (κ3) is 4.37. The summed E-state index contributed by atoms with van der Waals surface area (Å²) in [5.74, 6) is 5.38. The number of nitrogens with zero attached hydrogens (tertiary/aromatic N) is 7. The molecule has 0 rings (SSSR count). The van der Waals surface area contributed by atoms with Gasteiger partial charge in [0, 0.05) is 36.0 Å². The first-order valence-corrected chi connectivity index (χ1v) is 3.21. The van der Waals surface area contributed by atoms with Crippen LogP contribution in [0.15, 0.2) is 10.2 Å². The van der Waals surface area contributed by atoms with Crippen LogP contribution < -0.4 is 5.84 Å². The van der Waals surface area contributed by atoms with Crippen LogP contribution in [-0.4, -0.2) is 31.2 Å². The number of hydrogen-bond donors (Lipinski definition) is 1. The summed E-state index contributed by atoms with van der Waals surface area (Å²) in [6.45, 7) is 0.394. The van der Waals surface area contributed by atoms with Crippen LogP contribution >= 0.6 is 0 Å². The highest BCUT2D eigenvalue weighted by atomic mass is 15.4. The molecule has 0 aromatic carbocycles. The third-order valence-corrected chi connectivity index (χ3v) is 1.29. The monoisotopic (exact) mass is 170 g/mol.